The molecule has 0 fully saturated rings. The summed E-state index contributed by atoms with van der Waals surface area (Å²) < 4.78 is 8.92. The number of hydrogen-bond donors (Lipinski definition) is 2. The number of aryl methyl sites for hydroxylation is 4. The summed E-state index contributed by atoms with van der Waals surface area (Å²) in [5.74, 6) is 0. The van der Waals surface area contributed by atoms with Gasteiger partial charge in [0, 0.05) is 0 Å². The molecule has 0 saturated heterocycles. The van der Waals surface area contributed by atoms with E-state index in [1.165, 1.54) is 0 Å². The normalized spacial score (nSPS) is 9.96. The average molecular weight is 528 g/mol. The molecule has 9 heteroatoms. The minimum atomic E-state index is -1.96. The van der Waals surface area contributed by atoms with E-state index in [2.05, 4.69) is 25.3 Å². The second-order valence-electron chi connectivity index (χ2n) is 5.21. The van der Waals surface area contributed by atoms with E-state index in [0.29, 0.717) is 0 Å². The third kappa shape index (κ3) is 7.88. The van der Waals surface area contributed by atoms with Crippen LogP contribution in [0.1, 0.15) is 0 Å². The van der Waals surface area contributed by atoms with E-state index in [9.17, 15) is 0 Å². The summed E-state index contributed by atoms with van der Waals surface area (Å²) in [4.78, 5) is 0. The third-order valence-corrected chi connectivity index (χ3v) is 9.09. The first kappa shape index (κ1) is 22.8. The molecule has 0 unspecified atom stereocenters. The van der Waals surface area contributed by atoms with Gasteiger partial charge in [0.25, 0.3) is 0 Å². The molecule has 136 valence electrons. The van der Waals surface area contributed by atoms with E-state index < -0.39 is 17.9 Å². The maximum atomic E-state index is 5.75. The van der Waals surface area contributed by atoms with Gasteiger partial charge in [0.05, 0.1) is 28.2 Å². The van der Waals surface area contributed by atoms with Crippen LogP contribution in [-0.2, 0) is 28.2 Å². The van der Waals surface area contributed by atoms with Gasteiger partial charge in [-0.2, -0.15) is 0 Å². The van der Waals surface area contributed by atoms with Crippen LogP contribution in [0.4, 0.5) is 0 Å². The fraction of sp³-hybridized carbons (Fsp3) is 0.250. The van der Waals surface area contributed by atoms with Gasteiger partial charge in [0.2, 0.25) is 0 Å². The second-order valence-corrected chi connectivity index (χ2v) is 14.5. The van der Waals surface area contributed by atoms with Crippen LogP contribution in [0.3, 0.4) is 0 Å². The average Bonchev–Trinajstić information content (AvgIpc) is 3.07. The standard InChI is InChI=1S/C6H5.2C5H8N2S.2ClH.Sb/c1-2-4-6-5-3-1;2*1-6-3-4-7(2)5(6)8;;;/h1-5H;2*3-4H,1-2H3;2*1H;/q;;;;;+2. The molecule has 0 amide bonds. The molecule has 0 aliphatic heterocycles. The fourth-order valence-electron chi connectivity index (χ4n) is 1.70. The zero-order chi connectivity index (χ0) is 19.0. The molecule has 0 aliphatic carbocycles. The van der Waals surface area contributed by atoms with Crippen LogP contribution >= 0.6 is 42.9 Å². The fourth-order valence-corrected chi connectivity index (χ4v) is 4.62. The van der Waals surface area contributed by atoms with Crippen LogP contribution in [0, 0.1) is 0 Å². The van der Waals surface area contributed by atoms with Gasteiger partial charge in [-0.15, -0.1) is 0 Å². The molecule has 0 atom stereocenters. The summed E-state index contributed by atoms with van der Waals surface area (Å²) in [6, 6.07) is 9.82. The number of nitrogens with zero attached hydrogens (tertiary/aromatic N) is 4. The van der Waals surface area contributed by atoms with Gasteiger partial charge in [-0.25, -0.2) is 18.3 Å². The van der Waals surface area contributed by atoms with Crippen LogP contribution in [0.2, 0.25) is 0 Å². The summed E-state index contributed by atoms with van der Waals surface area (Å²) in [5.41, 5.74) is 0. The molecule has 0 aliphatic rings. The molecular weight excluding hydrogens is 505 g/mol. The minimum absolute atomic E-state index is 0.963. The van der Waals surface area contributed by atoms with Crippen molar-refractivity contribution < 1.29 is 9.13 Å². The first-order valence-corrected chi connectivity index (χ1v) is 15.9. The van der Waals surface area contributed by atoms with Crippen molar-refractivity contribution in [3.63, 3.8) is 0 Å². The van der Waals surface area contributed by atoms with Gasteiger partial charge in [0.1, 0.15) is 24.8 Å². The molecule has 3 rings (SSSR count). The molecule has 2 aromatic heterocycles. The molecule has 2 heterocycles. The summed E-state index contributed by atoms with van der Waals surface area (Å²) in [7, 11) is 19.3. The van der Waals surface area contributed by atoms with Crippen molar-refractivity contribution in [2.24, 2.45) is 28.2 Å². The SMILES string of the molecule is Cn1cc[n+](C)c1S.Cn1cc[n+](C)c1S.[Cl][Sb]([Cl])[c]1ccccc1. The van der Waals surface area contributed by atoms with E-state index >= 15 is 0 Å². The Hall–Kier alpha value is -0.262. The summed E-state index contributed by atoms with van der Waals surface area (Å²) in [6.07, 6.45) is 7.84. The Labute approximate surface area is 175 Å². The van der Waals surface area contributed by atoms with Crippen molar-refractivity contribution in [2.75, 3.05) is 0 Å². The molecule has 1 aromatic carbocycles. The number of benzene rings is 1. The molecule has 0 radical (unpaired) electrons. The van der Waals surface area contributed by atoms with Gasteiger partial charge in [-0.1, -0.05) is 25.3 Å². The molecule has 0 bridgehead atoms. The van der Waals surface area contributed by atoms with Crippen molar-refractivity contribution in [2.45, 2.75) is 10.3 Å². The van der Waals surface area contributed by atoms with Crippen LogP contribution in [0.15, 0.2) is 65.4 Å². The Balaban J connectivity index is 0.000000188. The van der Waals surface area contributed by atoms with E-state index in [1.807, 2.05) is 102 Å². The van der Waals surface area contributed by atoms with Crippen LogP contribution < -0.4 is 12.6 Å². The number of imidazole rings is 2. The Morgan fingerprint density at radius 1 is 0.840 bits per heavy atom. The number of rotatable bonds is 1. The Kier molecular flexibility index (Phi) is 10.4. The zero-order valence-corrected chi connectivity index (χ0v) is 20.4. The zero-order valence-electron chi connectivity index (χ0n) is 14.6. The number of halogens is 2. The number of aromatic nitrogens is 4. The van der Waals surface area contributed by atoms with Crippen molar-refractivity contribution in [3.8, 4) is 0 Å². The number of thiol groups is 2. The topological polar surface area (TPSA) is 17.6 Å². The van der Waals surface area contributed by atoms with E-state index in [0.717, 1.165) is 13.8 Å². The second kappa shape index (κ2) is 11.5. The quantitative estimate of drug-likeness (QED) is 0.274. The summed E-state index contributed by atoms with van der Waals surface area (Å²) >= 11 is 6.41. The third-order valence-electron chi connectivity index (χ3n) is 3.24. The van der Waals surface area contributed by atoms with E-state index in [-0.39, 0.29) is 0 Å². The van der Waals surface area contributed by atoms with Crippen LogP contribution in [0.5, 0.6) is 0 Å². The summed E-state index contributed by atoms with van der Waals surface area (Å²) in [5, 5.41) is 1.93. The molecule has 4 nitrogen and oxygen atoms in total. The van der Waals surface area contributed by atoms with Crippen molar-refractivity contribution >= 4 is 64.4 Å². The van der Waals surface area contributed by atoms with Gasteiger partial charge in [-0.05, 0) is 0 Å². The Bertz CT molecular complexity index is 693. The predicted octanol–water partition coefficient (Wildman–Crippen LogP) is 2.14. The summed E-state index contributed by atoms with van der Waals surface area (Å²) in [6.45, 7) is 0. The van der Waals surface area contributed by atoms with E-state index in [1.54, 1.807) is 0 Å². The Morgan fingerprint density at radius 3 is 1.40 bits per heavy atom. The molecule has 0 N–H and O–H groups in total. The predicted molar refractivity (Wildman–Crippen MR) is 111 cm³/mol. The molecular formula is C16H23Cl2N4S2Sb+2. The molecule has 0 spiro atoms. The van der Waals surface area contributed by atoms with Crippen LogP contribution in [0.25, 0.3) is 0 Å². The molecule has 25 heavy (non-hydrogen) atoms. The number of hydrogen-bond acceptors (Lipinski definition) is 2. The van der Waals surface area contributed by atoms with Crippen LogP contribution in [-0.4, -0.2) is 27.1 Å². The molecule has 3 aromatic rings. The van der Waals surface area contributed by atoms with Gasteiger partial charge >= 0.3 is 79.7 Å². The van der Waals surface area contributed by atoms with Gasteiger partial charge < -0.3 is 0 Å². The van der Waals surface area contributed by atoms with Crippen molar-refractivity contribution in [1.82, 2.24) is 9.13 Å². The Morgan fingerprint density at radius 2 is 1.24 bits per heavy atom. The monoisotopic (exact) mass is 526 g/mol. The van der Waals surface area contributed by atoms with Crippen molar-refractivity contribution in [3.05, 3.63) is 55.1 Å². The van der Waals surface area contributed by atoms with Gasteiger partial charge in [0.15, 0.2) is 0 Å². The van der Waals surface area contributed by atoms with Gasteiger partial charge in [-0.3, -0.25) is 0 Å². The van der Waals surface area contributed by atoms with E-state index in [4.69, 9.17) is 17.7 Å². The first-order chi connectivity index (χ1) is 11.7. The van der Waals surface area contributed by atoms with Crippen molar-refractivity contribution in [1.29, 1.82) is 0 Å². The maximum absolute atomic E-state index is 5.75. The molecule has 0 saturated carbocycles. The first-order valence-electron chi connectivity index (χ1n) is 7.30.